The summed E-state index contributed by atoms with van der Waals surface area (Å²) < 4.78 is 5.58. The Balaban J connectivity index is 1.72. The second-order valence-corrected chi connectivity index (χ2v) is 6.15. The Morgan fingerprint density at radius 2 is 1.95 bits per heavy atom. The maximum absolute atomic E-state index is 12.6. The van der Waals surface area contributed by atoms with Crippen molar-refractivity contribution in [1.29, 1.82) is 0 Å². The highest BCUT2D eigenvalue weighted by Gasteiger charge is 2.44. The SMILES string of the molecule is CCc1ccc(C(=O)N2C3CCC2CC(CC(=O)O)C3)o1. The van der Waals surface area contributed by atoms with Crippen LogP contribution in [0, 0.1) is 5.92 Å². The summed E-state index contributed by atoms with van der Waals surface area (Å²) in [6.45, 7) is 1.99. The number of aliphatic carboxylic acids is 1. The van der Waals surface area contributed by atoms with Crippen molar-refractivity contribution < 1.29 is 19.1 Å². The minimum atomic E-state index is -0.738. The van der Waals surface area contributed by atoms with Gasteiger partial charge in [0.1, 0.15) is 5.76 Å². The molecule has 3 heterocycles. The molecule has 1 aromatic rings. The van der Waals surface area contributed by atoms with E-state index in [2.05, 4.69) is 0 Å². The number of fused-ring (bicyclic) bond motifs is 2. The number of carboxylic acids is 1. The molecule has 1 aromatic heterocycles. The number of carboxylic acid groups (broad SMARTS) is 1. The molecule has 0 saturated carbocycles. The van der Waals surface area contributed by atoms with Gasteiger partial charge in [0.2, 0.25) is 0 Å². The van der Waals surface area contributed by atoms with Gasteiger partial charge in [0.05, 0.1) is 0 Å². The fourth-order valence-corrected chi connectivity index (χ4v) is 3.85. The highest BCUT2D eigenvalue weighted by Crippen LogP contribution is 2.40. The molecule has 2 saturated heterocycles. The molecule has 0 spiro atoms. The Morgan fingerprint density at radius 3 is 2.48 bits per heavy atom. The van der Waals surface area contributed by atoms with Gasteiger partial charge in [-0.15, -0.1) is 0 Å². The van der Waals surface area contributed by atoms with Crippen LogP contribution in [0.3, 0.4) is 0 Å². The number of nitrogens with zero attached hydrogens (tertiary/aromatic N) is 1. The van der Waals surface area contributed by atoms with Crippen LogP contribution in [0.4, 0.5) is 0 Å². The molecule has 2 unspecified atom stereocenters. The number of carbonyl (C=O) groups excluding carboxylic acids is 1. The topological polar surface area (TPSA) is 70.8 Å². The van der Waals surface area contributed by atoms with E-state index in [1.54, 1.807) is 6.07 Å². The lowest BCUT2D eigenvalue weighted by Gasteiger charge is -2.38. The molecule has 21 heavy (non-hydrogen) atoms. The van der Waals surface area contributed by atoms with Crippen LogP contribution in [0.2, 0.25) is 0 Å². The van der Waals surface area contributed by atoms with Crippen LogP contribution in [0.25, 0.3) is 0 Å². The van der Waals surface area contributed by atoms with E-state index in [0.29, 0.717) is 5.76 Å². The molecule has 2 aliphatic rings. The van der Waals surface area contributed by atoms with Crippen LogP contribution in [0.5, 0.6) is 0 Å². The third kappa shape index (κ3) is 2.69. The van der Waals surface area contributed by atoms with Gasteiger partial charge < -0.3 is 14.4 Å². The zero-order chi connectivity index (χ0) is 15.0. The summed E-state index contributed by atoms with van der Waals surface area (Å²) in [5.41, 5.74) is 0. The Labute approximate surface area is 123 Å². The molecule has 1 N–H and O–H groups in total. The number of hydrogen-bond donors (Lipinski definition) is 1. The summed E-state index contributed by atoms with van der Waals surface area (Å²) in [5.74, 6) is 0.674. The number of carbonyl (C=O) groups is 2. The highest BCUT2D eigenvalue weighted by molar-refractivity contribution is 5.92. The van der Waals surface area contributed by atoms with Crippen molar-refractivity contribution in [2.24, 2.45) is 5.92 Å². The summed E-state index contributed by atoms with van der Waals surface area (Å²) in [4.78, 5) is 25.5. The average molecular weight is 291 g/mol. The van der Waals surface area contributed by atoms with E-state index in [9.17, 15) is 9.59 Å². The average Bonchev–Trinajstić information content (AvgIpc) is 3.01. The molecular weight excluding hydrogens is 270 g/mol. The fraction of sp³-hybridized carbons (Fsp3) is 0.625. The number of aryl methyl sites for hydroxylation is 1. The van der Waals surface area contributed by atoms with Gasteiger partial charge in [-0.2, -0.15) is 0 Å². The summed E-state index contributed by atoms with van der Waals surface area (Å²) in [6, 6.07) is 3.96. The van der Waals surface area contributed by atoms with Crippen molar-refractivity contribution in [2.45, 2.75) is 57.5 Å². The largest absolute Gasteiger partial charge is 0.481 e. The molecule has 0 aromatic carbocycles. The Bertz CT molecular complexity index is 536. The van der Waals surface area contributed by atoms with Crippen molar-refractivity contribution in [3.63, 3.8) is 0 Å². The summed E-state index contributed by atoms with van der Waals surface area (Å²) in [5, 5.41) is 8.95. The first-order valence-electron chi connectivity index (χ1n) is 7.71. The summed E-state index contributed by atoms with van der Waals surface area (Å²) >= 11 is 0. The van der Waals surface area contributed by atoms with Crippen LogP contribution in [-0.4, -0.2) is 34.0 Å². The third-order valence-electron chi connectivity index (χ3n) is 4.75. The Kier molecular flexibility index (Phi) is 3.74. The van der Waals surface area contributed by atoms with Crippen molar-refractivity contribution in [2.75, 3.05) is 0 Å². The van der Waals surface area contributed by atoms with E-state index in [4.69, 9.17) is 9.52 Å². The Morgan fingerprint density at radius 1 is 1.29 bits per heavy atom. The zero-order valence-electron chi connectivity index (χ0n) is 12.2. The highest BCUT2D eigenvalue weighted by atomic mass is 16.4. The van der Waals surface area contributed by atoms with E-state index in [1.165, 1.54) is 0 Å². The van der Waals surface area contributed by atoms with Gasteiger partial charge in [-0.3, -0.25) is 9.59 Å². The maximum atomic E-state index is 12.6. The lowest BCUT2D eigenvalue weighted by molar-refractivity contribution is -0.138. The summed E-state index contributed by atoms with van der Waals surface area (Å²) in [7, 11) is 0. The van der Waals surface area contributed by atoms with Crippen molar-refractivity contribution in [3.05, 3.63) is 23.7 Å². The number of piperidine rings is 1. The molecule has 2 bridgehead atoms. The lowest BCUT2D eigenvalue weighted by atomic mass is 9.88. The van der Waals surface area contributed by atoms with Gasteiger partial charge in [0.15, 0.2) is 5.76 Å². The van der Waals surface area contributed by atoms with E-state index in [1.807, 2.05) is 17.9 Å². The van der Waals surface area contributed by atoms with Gasteiger partial charge in [-0.05, 0) is 43.7 Å². The predicted octanol–water partition coefficient (Wildman–Crippen LogP) is 2.70. The van der Waals surface area contributed by atoms with E-state index in [0.717, 1.165) is 37.9 Å². The molecule has 5 heteroatoms. The number of hydrogen-bond acceptors (Lipinski definition) is 3. The van der Waals surface area contributed by atoms with Crippen LogP contribution in [0.15, 0.2) is 16.5 Å². The molecule has 2 atom stereocenters. The van der Waals surface area contributed by atoms with Gasteiger partial charge >= 0.3 is 5.97 Å². The van der Waals surface area contributed by atoms with Crippen LogP contribution >= 0.6 is 0 Å². The molecule has 3 rings (SSSR count). The lowest BCUT2D eigenvalue weighted by Crippen LogP contribution is -2.46. The molecular formula is C16H21NO4. The second-order valence-electron chi connectivity index (χ2n) is 6.15. The number of amides is 1. The first-order chi connectivity index (χ1) is 10.1. The standard InChI is InChI=1S/C16H21NO4/c1-2-13-5-6-14(21-13)16(20)17-11-3-4-12(17)8-10(7-11)9-15(18)19/h5-6,10-12H,2-4,7-9H2,1H3,(H,18,19). The zero-order valence-corrected chi connectivity index (χ0v) is 12.2. The van der Waals surface area contributed by atoms with Crippen molar-refractivity contribution in [1.82, 2.24) is 4.90 Å². The van der Waals surface area contributed by atoms with Crippen LogP contribution < -0.4 is 0 Å². The van der Waals surface area contributed by atoms with E-state index in [-0.39, 0.29) is 30.3 Å². The number of rotatable bonds is 4. The van der Waals surface area contributed by atoms with Gasteiger partial charge in [-0.25, -0.2) is 0 Å². The smallest absolute Gasteiger partial charge is 0.303 e. The Hall–Kier alpha value is -1.78. The van der Waals surface area contributed by atoms with Gasteiger partial charge in [0.25, 0.3) is 5.91 Å². The normalized spacial score (nSPS) is 27.9. The maximum Gasteiger partial charge on any atom is 0.303 e. The van der Waals surface area contributed by atoms with Crippen LogP contribution in [-0.2, 0) is 11.2 Å². The molecule has 2 aliphatic heterocycles. The minimum absolute atomic E-state index is 0.0315. The first-order valence-corrected chi connectivity index (χ1v) is 7.71. The first kappa shape index (κ1) is 14.2. The molecule has 114 valence electrons. The van der Waals surface area contributed by atoms with Crippen molar-refractivity contribution >= 4 is 11.9 Å². The van der Waals surface area contributed by atoms with Crippen LogP contribution in [0.1, 0.15) is 55.3 Å². The molecule has 0 radical (unpaired) electrons. The van der Waals surface area contributed by atoms with Crippen molar-refractivity contribution in [3.8, 4) is 0 Å². The molecule has 2 fully saturated rings. The quantitative estimate of drug-likeness (QED) is 0.926. The van der Waals surface area contributed by atoms with Gasteiger partial charge in [0, 0.05) is 24.9 Å². The predicted molar refractivity (Wildman–Crippen MR) is 76.0 cm³/mol. The minimum Gasteiger partial charge on any atom is -0.481 e. The molecule has 5 nitrogen and oxygen atoms in total. The van der Waals surface area contributed by atoms with E-state index < -0.39 is 5.97 Å². The monoisotopic (exact) mass is 291 g/mol. The molecule has 1 amide bonds. The second kappa shape index (κ2) is 5.54. The fourth-order valence-electron chi connectivity index (χ4n) is 3.85. The molecule has 0 aliphatic carbocycles. The third-order valence-corrected chi connectivity index (χ3v) is 4.75. The van der Waals surface area contributed by atoms with Gasteiger partial charge in [-0.1, -0.05) is 6.92 Å². The summed E-state index contributed by atoms with van der Waals surface area (Å²) in [6.07, 6.45) is 4.56. The van der Waals surface area contributed by atoms with E-state index >= 15 is 0 Å². The number of furan rings is 1.